The fourth-order valence-corrected chi connectivity index (χ4v) is 4.44. The highest BCUT2D eigenvalue weighted by Crippen LogP contribution is 2.29. The van der Waals surface area contributed by atoms with Gasteiger partial charge in [0.05, 0.1) is 25.6 Å². The zero-order valence-corrected chi connectivity index (χ0v) is 17.1. The molecule has 3 aromatic heterocycles. The maximum absolute atomic E-state index is 11.4. The standard InChI is InChI=1S/C20H21N7O2S/c21-17(28)16-12-24-20(30-16)15-11-23-18(19-22-5-6-27(15)19)25-13-1-3-14(4-2-13)26-7-9-29-10-8-26/h1,3,5-6,11-12H,2,4,7-10H2,(H2,21,28)(H,23,25). The van der Waals surface area contributed by atoms with Crippen LogP contribution in [0.3, 0.4) is 0 Å². The largest absolute Gasteiger partial charge is 0.378 e. The Labute approximate surface area is 176 Å². The lowest BCUT2D eigenvalue weighted by atomic mass is 10.1. The van der Waals surface area contributed by atoms with Gasteiger partial charge in [-0.05, 0) is 25.0 Å². The number of imidazole rings is 1. The average Bonchev–Trinajstić information content (AvgIpc) is 3.46. The summed E-state index contributed by atoms with van der Waals surface area (Å²) in [4.78, 5) is 27.5. The van der Waals surface area contributed by atoms with E-state index < -0.39 is 5.91 Å². The molecule has 4 heterocycles. The Morgan fingerprint density at radius 3 is 2.73 bits per heavy atom. The smallest absolute Gasteiger partial charge is 0.260 e. The van der Waals surface area contributed by atoms with Gasteiger partial charge in [-0.2, -0.15) is 0 Å². The van der Waals surface area contributed by atoms with E-state index in [0.29, 0.717) is 21.3 Å². The molecule has 30 heavy (non-hydrogen) atoms. The first-order chi connectivity index (χ1) is 14.7. The third-order valence-corrected chi connectivity index (χ3v) is 6.25. The quantitative estimate of drug-likeness (QED) is 0.647. The zero-order chi connectivity index (χ0) is 20.5. The number of ether oxygens (including phenoxy) is 1. The molecule has 9 nitrogen and oxygen atoms in total. The van der Waals surface area contributed by atoms with Crippen LogP contribution in [0.4, 0.5) is 5.82 Å². The zero-order valence-electron chi connectivity index (χ0n) is 16.2. The number of carbonyl (C=O) groups is 1. The first-order valence-electron chi connectivity index (χ1n) is 9.76. The number of fused-ring (bicyclic) bond motifs is 1. The third kappa shape index (κ3) is 3.55. The Morgan fingerprint density at radius 1 is 1.13 bits per heavy atom. The highest BCUT2D eigenvalue weighted by Gasteiger charge is 2.18. The molecular weight excluding hydrogens is 402 g/mol. The molecule has 2 aliphatic rings. The molecule has 3 aromatic rings. The number of rotatable bonds is 5. The minimum atomic E-state index is -0.486. The van der Waals surface area contributed by atoms with Crippen LogP contribution in [0.15, 0.2) is 48.3 Å². The van der Waals surface area contributed by atoms with Crippen molar-refractivity contribution in [2.75, 3.05) is 31.6 Å². The first kappa shape index (κ1) is 18.8. The summed E-state index contributed by atoms with van der Waals surface area (Å²) >= 11 is 1.24. The van der Waals surface area contributed by atoms with Crippen LogP contribution in [0.25, 0.3) is 16.3 Å². The van der Waals surface area contributed by atoms with Crippen LogP contribution < -0.4 is 11.1 Å². The number of allylic oxidation sites excluding steroid dienone is 4. The van der Waals surface area contributed by atoms with E-state index in [1.165, 1.54) is 23.2 Å². The summed E-state index contributed by atoms with van der Waals surface area (Å²) in [6, 6.07) is 0. The number of thiazole rings is 1. The maximum Gasteiger partial charge on any atom is 0.260 e. The summed E-state index contributed by atoms with van der Waals surface area (Å²) in [5.41, 5.74) is 9.27. The number of primary amides is 1. The molecule has 1 amide bonds. The van der Waals surface area contributed by atoms with Gasteiger partial charge in [0.2, 0.25) is 0 Å². The molecule has 3 N–H and O–H groups in total. The number of nitrogens with one attached hydrogen (secondary N) is 1. The van der Waals surface area contributed by atoms with Crippen molar-refractivity contribution in [3.8, 4) is 10.7 Å². The van der Waals surface area contributed by atoms with Crippen molar-refractivity contribution in [1.82, 2.24) is 24.3 Å². The number of nitrogens with two attached hydrogens (primary N) is 1. The number of carbonyl (C=O) groups excluding carboxylic acids is 1. The molecule has 0 aromatic carbocycles. The molecule has 0 unspecified atom stereocenters. The second-order valence-electron chi connectivity index (χ2n) is 7.08. The minimum Gasteiger partial charge on any atom is -0.378 e. The van der Waals surface area contributed by atoms with Gasteiger partial charge in [0.15, 0.2) is 11.5 Å². The maximum atomic E-state index is 11.4. The minimum absolute atomic E-state index is 0.413. The summed E-state index contributed by atoms with van der Waals surface area (Å²) in [6.07, 6.45) is 13.0. The number of aromatic nitrogens is 4. The van der Waals surface area contributed by atoms with E-state index in [1.54, 1.807) is 12.4 Å². The fourth-order valence-electron chi connectivity index (χ4n) is 3.67. The predicted octanol–water partition coefficient (Wildman–Crippen LogP) is 2.26. The Kier molecular flexibility index (Phi) is 4.93. The molecule has 1 aliphatic carbocycles. The van der Waals surface area contributed by atoms with Crippen molar-refractivity contribution < 1.29 is 9.53 Å². The lowest BCUT2D eigenvalue weighted by Gasteiger charge is -2.32. The van der Waals surface area contributed by atoms with E-state index in [-0.39, 0.29) is 0 Å². The topological polar surface area (TPSA) is 111 Å². The van der Waals surface area contributed by atoms with Crippen LogP contribution in [0.2, 0.25) is 0 Å². The number of hydrogen-bond donors (Lipinski definition) is 2. The molecule has 154 valence electrons. The molecule has 0 bridgehead atoms. The highest BCUT2D eigenvalue weighted by atomic mass is 32.1. The number of amides is 1. The van der Waals surface area contributed by atoms with Gasteiger partial charge in [0.25, 0.3) is 5.91 Å². The Morgan fingerprint density at radius 2 is 2.00 bits per heavy atom. The summed E-state index contributed by atoms with van der Waals surface area (Å²) in [5, 5.41) is 4.09. The molecule has 0 spiro atoms. The molecule has 1 saturated heterocycles. The van der Waals surface area contributed by atoms with Gasteiger partial charge in [-0.15, -0.1) is 11.3 Å². The van der Waals surface area contributed by atoms with Gasteiger partial charge in [0.1, 0.15) is 15.6 Å². The van der Waals surface area contributed by atoms with Gasteiger partial charge in [-0.25, -0.2) is 15.0 Å². The van der Waals surface area contributed by atoms with Crippen LogP contribution >= 0.6 is 11.3 Å². The van der Waals surface area contributed by atoms with Gasteiger partial charge < -0.3 is 20.7 Å². The molecule has 1 fully saturated rings. The van der Waals surface area contributed by atoms with E-state index >= 15 is 0 Å². The molecule has 10 heteroatoms. The highest BCUT2D eigenvalue weighted by molar-refractivity contribution is 7.16. The summed E-state index contributed by atoms with van der Waals surface area (Å²) in [5.74, 6) is 0.200. The third-order valence-electron chi connectivity index (χ3n) is 5.22. The van der Waals surface area contributed by atoms with Crippen molar-refractivity contribution in [2.45, 2.75) is 12.8 Å². The Hall–Kier alpha value is -3.24. The molecule has 0 atom stereocenters. The lowest BCUT2D eigenvalue weighted by molar-refractivity contribution is 0.0520. The predicted molar refractivity (Wildman–Crippen MR) is 114 cm³/mol. The number of hydrogen-bond acceptors (Lipinski definition) is 8. The molecular formula is C20H21N7O2S. The van der Waals surface area contributed by atoms with Crippen LogP contribution in [0.1, 0.15) is 22.5 Å². The molecule has 0 saturated carbocycles. The van der Waals surface area contributed by atoms with E-state index in [4.69, 9.17) is 10.5 Å². The van der Waals surface area contributed by atoms with Crippen molar-refractivity contribution in [3.63, 3.8) is 0 Å². The van der Waals surface area contributed by atoms with Crippen LogP contribution in [-0.4, -0.2) is 56.5 Å². The van der Waals surface area contributed by atoms with E-state index in [9.17, 15) is 4.79 Å². The summed E-state index contributed by atoms with van der Waals surface area (Å²) < 4.78 is 7.35. The van der Waals surface area contributed by atoms with Gasteiger partial charge in [0, 0.05) is 36.9 Å². The molecule has 0 radical (unpaired) electrons. The number of anilines is 1. The van der Waals surface area contributed by atoms with Crippen LogP contribution in [-0.2, 0) is 4.74 Å². The van der Waals surface area contributed by atoms with Crippen LogP contribution in [0.5, 0.6) is 0 Å². The summed E-state index contributed by atoms with van der Waals surface area (Å²) in [7, 11) is 0. The number of morpholine rings is 1. The van der Waals surface area contributed by atoms with Gasteiger partial charge in [-0.3, -0.25) is 9.20 Å². The second-order valence-corrected chi connectivity index (χ2v) is 8.11. The monoisotopic (exact) mass is 423 g/mol. The Bertz CT molecular complexity index is 1160. The lowest BCUT2D eigenvalue weighted by Crippen LogP contribution is -2.36. The second kappa shape index (κ2) is 7.88. The SMILES string of the molecule is NC(=O)c1cnc(-c2cnc(NC3=CC=C(N4CCOCC4)CC3)c3nccn23)s1. The average molecular weight is 424 g/mol. The molecule has 1 aliphatic heterocycles. The Balaban J connectivity index is 1.39. The van der Waals surface area contributed by atoms with E-state index in [1.807, 2.05) is 10.6 Å². The van der Waals surface area contributed by atoms with Crippen molar-refractivity contribution in [2.24, 2.45) is 5.73 Å². The van der Waals surface area contributed by atoms with Crippen molar-refractivity contribution in [1.29, 1.82) is 0 Å². The molecule has 5 rings (SSSR count). The summed E-state index contributed by atoms with van der Waals surface area (Å²) in [6.45, 7) is 3.49. The van der Waals surface area contributed by atoms with E-state index in [0.717, 1.165) is 50.5 Å². The number of nitrogens with zero attached hydrogens (tertiary/aromatic N) is 5. The van der Waals surface area contributed by atoms with Gasteiger partial charge >= 0.3 is 0 Å². The van der Waals surface area contributed by atoms with Crippen molar-refractivity contribution >= 4 is 28.7 Å². The van der Waals surface area contributed by atoms with Gasteiger partial charge in [-0.1, -0.05) is 0 Å². The fraction of sp³-hybridized carbons (Fsp3) is 0.300. The normalized spacial score (nSPS) is 17.0. The van der Waals surface area contributed by atoms with Crippen molar-refractivity contribution in [3.05, 3.63) is 53.2 Å². The first-order valence-corrected chi connectivity index (χ1v) is 10.6. The van der Waals surface area contributed by atoms with E-state index in [2.05, 4.69) is 37.3 Å². The van der Waals surface area contributed by atoms with Crippen LogP contribution in [0, 0.1) is 0 Å².